The molecule has 1 N–H and O–H groups in total. The molecular weight excluding hydrogens is 270 g/mol. The van der Waals surface area contributed by atoms with E-state index in [9.17, 15) is 4.79 Å². The molecule has 1 rings (SSSR count). The van der Waals surface area contributed by atoms with E-state index in [4.69, 9.17) is 0 Å². The highest BCUT2D eigenvalue weighted by Crippen LogP contribution is 2.14. The van der Waals surface area contributed by atoms with Crippen LogP contribution < -0.4 is 5.32 Å². The van der Waals surface area contributed by atoms with Gasteiger partial charge in [0.25, 0.3) is 0 Å². The second-order valence-corrected chi connectivity index (χ2v) is 4.78. The van der Waals surface area contributed by atoms with E-state index < -0.39 is 0 Å². The number of amides is 1. The minimum Gasteiger partial charge on any atom is -0.354 e. The highest BCUT2D eigenvalue weighted by atomic mass is 79.9. The summed E-state index contributed by atoms with van der Waals surface area (Å²) in [4.78, 5) is 11.5. The SMILES string of the molecule is CCC(C)NC(=O)CCn1ncc(Br)c1C. The third kappa shape index (κ3) is 3.63. The van der Waals surface area contributed by atoms with Crippen LogP contribution in [0.4, 0.5) is 0 Å². The zero-order valence-electron chi connectivity index (χ0n) is 9.96. The van der Waals surface area contributed by atoms with Gasteiger partial charge in [-0.15, -0.1) is 0 Å². The van der Waals surface area contributed by atoms with Gasteiger partial charge in [0.15, 0.2) is 0 Å². The maximum absolute atomic E-state index is 11.5. The van der Waals surface area contributed by atoms with Crippen LogP contribution in [0.15, 0.2) is 10.7 Å². The Labute approximate surface area is 105 Å². The van der Waals surface area contributed by atoms with E-state index in [1.54, 1.807) is 6.20 Å². The first-order chi connectivity index (χ1) is 7.54. The van der Waals surface area contributed by atoms with Crippen molar-refractivity contribution in [2.45, 2.75) is 46.2 Å². The number of hydrogen-bond donors (Lipinski definition) is 1. The molecule has 0 aliphatic heterocycles. The number of hydrogen-bond acceptors (Lipinski definition) is 2. The summed E-state index contributed by atoms with van der Waals surface area (Å²) in [5.41, 5.74) is 1.05. The predicted octanol–water partition coefficient (Wildman–Crippen LogP) is 2.26. The molecule has 1 heterocycles. The van der Waals surface area contributed by atoms with Crippen molar-refractivity contribution >= 4 is 21.8 Å². The molecule has 0 radical (unpaired) electrons. The Morgan fingerprint density at radius 3 is 2.88 bits per heavy atom. The molecule has 90 valence electrons. The van der Waals surface area contributed by atoms with Gasteiger partial charge in [0.2, 0.25) is 5.91 Å². The molecule has 0 bridgehead atoms. The van der Waals surface area contributed by atoms with Crippen LogP contribution in [0.25, 0.3) is 0 Å². The molecule has 16 heavy (non-hydrogen) atoms. The fraction of sp³-hybridized carbons (Fsp3) is 0.636. The third-order valence-electron chi connectivity index (χ3n) is 2.61. The van der Waals surface area contributed by atoms with Crippen LogP contribution in [0.2, 0.25) is 0 Å². The fourth-order valence-corrected chi connectivity index (χ4v) is 1.60. The van der Waals surface area contributed by atoms with E-state index in [1.807, 2.05) is 18.5 Å². The van der Waals surface area contributed by atoms with Crippen molar-refractivity contribution in [1.29, 1.82) is 0 Å². The van der Waals surface area contributed by atoms with E-state index >= 15 is 0 Å². The lowest BCUT2D eigenvalue weighted by Crippen LogP contribution is -2.32. The molecule has 1 aromatic rings. The Morgan fingerprint density at radius 1 is 1.69 bits per heavy atom. The largest absolute Gasteiger partial charge is 0.354 e. The number of carbonyl (C=O) groups excluding carboxylic acids is 1. The Bertz CT molecular complexity index is 362. The number of aryl methyl sites for hydroxylation is 1. The summed E-state index contributed by atoms with van der Waals surface area (Å²) in [6, 6.07) is 0.248. The summed E-state index contributed by atoms with van der Waals surface area (Å²) in [6.07, 6.45) is 3.18. The van der Waals surface area contributed by atoms with E-state index in [0.717, 1.165) is 16.6 Å². The quantitative estimate of drug-likeness (QED) is 0.903. The van der Waals surface area contributed by atoms with Gasteiger partial charge in [-0.25, -0.2) is 0 Å². The van der Waals surface area contributed by atoms with Gasteiger partial charge in [-0.3, -0.25) is 9.48 Å². The van der Waals surface area contributed by atoms with Crippen molar-refractivity contribution in [3.05, 3.63) is 16.4 Å². The van der Waals surface area contributed by atoms with Crippen molar-refractivity contribution in [3.63, 3.8) is 0 Å². The van der Waals surface area contributed by atoms with E-state index in [0.29, 0.717) is 13.0 Å². The van der Waals surface area contributed by atoms with Crippen LogP contribution in [0.3, 0.4) is 0 Å². The van der Waals surface area contributed by atoms with Crippen molar-refractivity contribution in [2.24, 2.45) is 0 Å². The van der Waals surface area contributed by atoms with Gasteiger partial charge in [0, 0.05) is 24.7 Å². The zero-order chi connectivity index (χ0) is 12.1. The van der Waals surface area contributed by atoms with E-state index in [1.165, 1.54) is 0 Å². The van der Waals surface area contributed by atoms with Crippen LogP contribution in [-0.2, 0) is 11.3 Å². The van der Waals surface area contributed by atoms with Gasteiger partial charge < -0.3 is 5.32 Å². The van der Waals surface area contributed by atoms with E-state index in [-0.39, 0.29) is 11.9 Å². The number of nitrogens with one attached hydrogen (secondary N) is 1. The second kappa shape index (κ2) is 6.03. The summed E-state index contributed by atoms with van der Waals surface area (Å²) in [5, 5.41) is 7.11. The number of nitrogens with zero attached hydrogens (tertiary/aromatic N) is 2. The van der Waals surface area contributed by atoms with Crippen molar-refractivity contribution in [3.8, 4) is 0 Å². The van der Waals surface area contributed by atoms with Crippen LogP contribution in [0.1, 0.15) is 32.4 Å². The molecule has 1 amide bonds. The number of aromatic nitrogens is 2. The molecule has 1 aromatic heterocycles. The van der Waals surface area contributed by atoms with Gasteiger partial charge in [-0.1, -0.05) is 6.92 Å². The smallest absolute Gasteiger partial charge is 0.222 e. The Morgan fingerprint density at radius 2 is 2.38 bits per heavy atom. The first kappa shape index (κ1) is 13.2. The minimum atomic E-state index is 0.0837. The maximum Gasteiger partial charge on any atom is 0.222 e. The molecule has 0 spiro atoms. The summed E-state index contributed by atoms with van der Waals surface area (Å²) in [7, 11) is 0. The maximum atomic E-state index is 11.5. The lowest BCUT2D eigenvalue weighted by atomic mass is 10.2. The molecule has 0 aliphatic carbocycles. The molecule has 1 unspecified atom stereocenters. The average Bonchev–Trinajstić information content (AvgIpc) is 2.57. The first-order valence-electron chi connectivity index (χ1n) is 5.51. The second-order valence-electron chi connectivity index (χ2n) is 3.93. The molecule has 0 aromatic carbocycles. The van der Waals surface area contributed by atoms with Crippen LogP contribution in [0.5, 0.6) is 0 Å². The summed E-state index contributed by atoms with van der Waals surface area (Å²) >= 11 is 3.39. The van der Waals surface area contributed by atoms with Crippen LogP contribution in [0, 0.1) is 6.92 Å². The number of carbonyl (C=O) groups is 1. The van der Waals surface area contributed by atoms with Crippen LogP contribution in [-0.4, -0.2) is 21.7 Å². The zero-order valence-corrected chi connectivity index (χ0v) is 11.5. The lowest BCUT2D eigenvalue weighted by molar-refractivity contribution is -0.121. The van der Waals surface area contributed by atoms with Crippen molar-refractivity contribution in [1.82, 2.24) is 15.1 Å². The number of rotatable bonds is 5. The standard InChI is InChI=1S/C11H18BrN3O/c1-4-8(2)14-11(16)5-6-15-9(3)10(12)7-13-15/h7-8H,4-6H2,1-3H3,(H,14,16). The molecular formula is C11H18BrN3O. The molecule has 1 atom stereocenters. The highest BCUT2D eigenvalue weighted by molar-refractivity contribution is 9.10. The fourth-order valence-electron chi connectivity index (χ4n) is 1.31. The molecule has 0 saturated heterocycles. The minimum absolute atomic E-state index is 0.0837. The van der Waals surface area contributed by atoms with Crippen LogP contribution >= 0.6 is 15.9 Å². The molecule has 0 saturated carbocycles. The number of halogens is 1. The Hall–Kier alpha value is -0.840. The average molecular weight is 288 g/mol. The Kier molecular flexibility index (Phi) is 4.99. The van der Waals surface area contributed by atoms with Gasteiger partial charge in [0.1, 0.15) is 0 Å². The summed E-state index contributed by atoms with van der Waals surface area (Å²) in [6.45, 7) is 6.66. The van der Waals surface area contributed by atoms with Gasteiger partial charge in [-0.2, -0.15) is 5.10 Å². The van der Waals surface area contributed by atoms with Crippen molar-refractivity contribution < 1.29 is 4.79 Å². The molecule has 0 fully saturated rings. The van der Waals surface area contributed by atoms with Gasteiger partial charge in [-0.05, 0) is 36.2 Å². The summed E-state index contributed by atoms with van der Waals surface area (Å²) in [5.74, 6) is 0.0837. The monoisotopic (exact) mass is 287 g/mol. The van der Waals surface area contributed by atoms with Crippen molar-refractivity contribution in [2.75, 3.05) is 0 Å². The predicted molar refractivity (Wildman–Crippen MR) is 67.2 cm³/mol. The molecule has 0 aliphatic rings. The molecule has 4 nitrogen and oxygen atoms in total. The molecule has 5 heteroatoms. The third-order valence-corrected chi connectivity index (χ3v) is 3.39. The normalized spacial score (nSPS) is 12.5. The highest BCUT2D eigenvalue weighted by Gasteiger charge is 2.08. The lowest BCUT2D eigenvalue weighted by Gasteiger charge is -2.11. The van der Waals surface area contributed by atoms with Gasteiger partial charge >= 0.3 is 0 Å². The first-order valence-corrected chi connectivity index (χ1v) is 6.31. The Balaban J connectivity index is 2.40. The summed E-state index contributed by atoms with van der Waals surface area (Å²) < 4.78 is 2.81. The van der Waals surface area contributed by atoms with E-state index in [2.05, 4.69) is 33.3 Å². The van der Waals surface area contributed by atoms with Gasteiger partial charge in [0.05, 0.1) is 10.7 Å². The topological polar surface area (TPSA) is 46.9 Å².